The number of oxazole rings is 1. The highest BCUT2D eigenvalue weighted by Gasteiger charge is 2.21. The average molecular weight is 331 g/mol. The standard InChI is InChI=1S/C12H9BrClNO3/c1-2-17-12(16)10-11(18-6-15-10)8-5-7(14)3-4-9(8)13/h3-6H,2H2,1H3. The van der Waals surface area contributed by atoms with Crippen molar-refractivity contribution in [2.75, 3.05) is 6.61 Å². The second kappa shape index (κ2) is 5.54. The van der Waals surface area contributed by atoms with Crippen LogP contribution >= 0.6 is 27.5 Å². The predicted molar refractivity (Wildman–Crippen MR) is 70.6 cm³/mol. The third-order valence-electron chi connectivity index (χ3n) is 2.21. The summed E-state index contributed by atoms with van der Waals surface area (Å²) in [5.41, 5.74) is 0.794. The molecular weight excluding hydrogens is 321 g/mol. The number of rotatable bonds is 3. The molecule has 1 heterocycles. The van der Waals surface area contributed by atoms with Crippen LogP contribution in [0.1, 0.15) is 17.4 Å². The molecule has 0 saturated carbocycles. The van der Waals surface area contributed by atoms with Crippen molar-refractivity contribution in [3.63, 3.8) is 0 Å². The molecule has 6 heteroatoms. The molecule has 4 nitrogen and oxygen atoms in total. The van der Waals surface area contributed by atoms with E-state index in [1.165, 1.54) is 6.39 Å². The highest BCUT2D eigenvalue weighted by molar-refractivity contribution is 9.10. The van der Waals surface area contributed by atoms with E-state index >= 15 is 0 Å². The van der Waals surface area contributed by atoms with Crippen molar-refractivity contribution >= 4 is 33.5 Å². The van der Waals surface area contributed by atoms with E-state index in [1.54, 1.807) is 25.1 Å². The van der Waals surface area contributed by atoms with Gasteiger partial charge in [0.15, 0.2) is 17.8 Å². The molecule has 2 rings (SSSR count). The monoisotopic (exact) mass is 329 g/mol. The molecule has 0 atom stereocenters. The van der Waals surface area contributed by atoms with Gasteiger partial charge in [0, 0.05) is 15.1 Å². The van der Waals surface area contributed by atoms with Crippen LogP contribution in [0.5, 0.6) is 0 Å². The molecule has 1 aromatic carbocycles. The second-order valence-corrected chi connectivity index (χ2v) is 4.67. The normalized spacial score (nSPS) is 10.4. The first-order valence-electron chi connectivity index (χ1n) is 5.19. The highest BCUT2D eigenvalue weighted by atomic mass is 79.9. The van der Waals surface area contributed by atoms with Gasteiger partial charge in [0.1, 0.15) is 0 Å². The van der Waals surface area contributed by atoms with E-state index in [0.717, 1.165) is 4.47 Å². The third kappa shape index (κ3) is 2.57. The number of hydrogen-bond acceptors (Lipinski definition) is 4. The summed E-state index contributed by atoms with van der Waals surface area (Å²) in [5, 5.41) is 0.541. The fourth-order valence-corrected chi connectivity index (χ4v) is 2.05. The maximum absolute atomic E-state index is 11.7. The van der Waals surface area contributed by atoms with Gasteiger partial charge < -0.3 is 9.15 Å². The molecule has 0 aliphatic carbocycles. The SMILES string of the molecule is CCOC(=O)c1ncoc1-c1cc(Cl)ccc1Br. The molecule has 0 spiro atoms. The van der Waals surface area contributed by atoms with E-state index in [2.05, 4.69) is 20.9 Å². The molecule has 0 bridgehead atoms. The number of carbonyl (C=O) groups is 1. The van der Waals surface area contributed by atoms with Crippen molar-refractivity contribution < 1.29 is 13.9 Å². The first kappa shape index (κ1) is 13.1. The minimum absolute atomic E-state index is 0.139. The molecule has 94 valence electrons. The topological polar surface area (TPSA) is 52.3 Å². The lowest BCUT2D eigenvalue weighted by atomic mass is 10.1. The van der Waals surface area contributed by atoms with Crippen molar-refractivity contribution in [2.24, 2.45) is 0 Å². The Kier molecular flexibility index (Phi) is 4.04. The van der Waals surface area contributed by atoms with Crippen LogP contribution in [-0.2, 0) is 4.74 Å². The Morgan fingerprint density at radius 2 is 2.33 bits per heavy atom. The lowest BCUT2D eigenvalue weighted by Gasteiger charge is -2.04. The van der Waals surface area contributed by atoms with Gasteiger partial charge in [0.05, 0.1) is 6.61 Å². The number of ether oxygens (including phenoxy) is 1. The highest BCUT2D eigenvalue weighted by Crippen LogP contribution is 2.33. The van der Waals surface area contributed by atoms with E-state index in [0.29, 0.717) is 16.3 Å². The summed E-state index contributed by atoms with van der Waals surface area (Å²) >= 11 is 9.30. The largest absolute Gasteiger partial charge is 0.461 e. The molecule has 0 unspecified atom stereocenters. The van der Waals surface area contributed by atoms with Crippen molar-refractivity contribution in [3.8, 4) is 11.3 Å². The zero-order valence-electron chi connectivity index (χ0n) is 9.44. The van der Waals surface area contributed by atoms with Crippen LogP contribution in [0.4, 0.5) is 0 Å². The van der Waals surface area contributed by atoms with Gasteiger partial charge in [-0.2, -0.15) is 0 Å². The van der Waals surface area contributed by atoms with Gasteiger partial charge in [-0.3, -0.25) is 0 Å². The Bertz CT molecular complexity index is 582. The van der Waals surface area contributed by atoms with Crippen molar-refractivity contribution in [1.82, 2.24) is 4.98 Å². The van der Waals surface area contributed by atoms with Crippen LogP contribution in [0, 0.1) is 0 Å². The van der Waals surface area contributed by atoms with Crippen LogP contribution in [0.2, 0.25) is 5.02 Å². The maximum atomic E-state index is 11.7. The van der Waals surface area contributed by atoms with Gasteiger partial charge in [-0.15, -0.1) is 0 Å². The Morgan fingerprint density at radius 3 is 3.06 bits per heavy atom. The quantitative estimate of drug-likeness (QED) is 0.800. The Labute approximate surface area is 117 Å². The van der Waals surface area contributed by atoms with Crippen LogP contribution in [-0.4, -0.2) is 17.6 Å². The summed E-state index contributed by atoms with van der Waals surface area (Å²) in [5.74, 6) is -0.184. The van der Waals surface area contributed by atoms with Gasteiger partial charge >= 0.3 is 5.97 Å². The summed E-state index contributed by atoms with van der Waals surface area (Å²) in [7, 11) is 0. The Balaban J connectivity index is 2.48. The first-order valence-corrected chi connectivity index (χ1v) is 6.36. The average Bonchev–Trinajstić information content (AvgIpc) is 2.81. The van der Waals surface area contributed by atoms with Gasteiger partial charge in [-0.25, -0.2) is 9.78 Å². The smallest absolute Gasteiger partial charge is 0.360 e. The summed E-state index contributed by atoms with van der Waals surface area (Å²) < 4.78 is 10.9. The summed E-state index contributed by atoms with van der Waals surface area (Å²) in [4.78, 5) is 15.6. The van der Waals surface area contributed by atoms with Crippen LogP contribution in [0.3, 0.4) is 0 Å². The molecule has 2 aromatic rings. The number of aromatic nitrogens is 1. The summed E-state index contributed by atoms with van der Waals surface area (Å²) in [6.45, 7) is 2.01. The Morgan fingerprint density at radius 1 is 1.56 bits per heavy atom. The molecule has 18 heavy (non-hydrogen) atoms. The zero-order valence-corrected chi connectivity index (χ0v) is 11.8. The first-order chi connectivity index (χ1) is 8.63. The fraction of sp³-hybridized carbons (Fsp3) is 0.167. The molecule has 0 aliphatic rings. The molecule has 0 aliphatic heterocycles. The second-order valence-electron chi connectivity index (χ2n) is 3.37. The van der Waals surface area contributed by atoms with Gasteiger partial charge in [-0.05, 0) is 25.1 Å². The summed E-state index contributed by atoms with van der Waals surface area (Å²) in [6.07, 6.45) is 1.20. The fourth-order valence-electron chi connectivity index (χ4n) is 1.45. The van der Waals surface area contributed by atoms with E-state index in [9.17, 15) is 4.79 Å². The Hall–Kier alpha value is -1.33. The molecule has 0 radical (unpaired) electrons. The van der Waals surface area contributed by atoms with Crippen LogP contribution < -0.4 is 0 Å². The minimum atomic E-state index is -0.520. The van der Waals surface area contributed by atoms with Crippen molar-refractivity contribution in [1.29, 1.82) is 0 Å². The molecule has 1 aromatic heterocycles. The zero-order chi connectivity index (χ0) is 13.1. The van der Waals surface area contributed by atoms with E-state index in [4.69, 9.17) is 20.8 Å². The van der Waals surface area contributed by atoms with Crippen LogP contribution in [0.25, 0.3) is 11.3 Å². The molecule has 0 amide bonds. The van der Waals surface area contributed by atoms with E-state index in [-0.39, 0.29) is 12.3 Å². The van der Waals surface area contributed by atoms with Crippen LogP contribution in [0.15, 0.2) is 33.5 Å². The maximum Gasteiger partial charge on any atom is 0.360 e. The van der Waals surface area contributed by atoms with Gasteiger partial charge in [-0.1, -0.05) is 27.5 Å². The van der Waals surface area contributed by atoms with E-state index < -0.39 is 5.97 Å². The van der Waals surface area contributed by atoms with Crippen molar-refractivity contribution in [2.45, 2.75) is 6.92 Å². The van der Waals surface area contributed by atoms with Gasteiger partial charge in [0.2, 0.25) is 0 Å². The number of benzene rings is 1. The molecule has 0 N–H and O–H groups in total. The third-order valence-corrected chi connectivity index (χ3v) is 3.14. The number of nitrogens with zero attached hydrogens (tertiary/aromatic N) is 1. The van der Waals surface area contributed by atoms with Gasteiger partial charge in [0.25, 0.3) is 0 Å². The number of carbonyl (C=O) groups excluding carboxylic acids is 1. The number of hydrogen-bond donors (Lipinski definition) is 0. The number of esters is 1. The lowest BCUT2D eigenvalue weighted by molar-refractivity contribution is 0.0520. The molecular formula is C12H9BrClNO3. The lowest BCUT2D eigenvalue weighted by Crippen LogP contribution is -2.06. The number of halogens is 2. The van der Waals surface area contributed by atoms with E-state index in [1.807, 2.05) is 0 Å². The van der Waals surface area contributed by atoms with Crippen molar-refractivity contribution in [3.05, 3.63) is 39.8 Å². The summed E-state index contributed by atoms with van der Waals surface area (Å²) in [6, 6.07) is 5.19. The minimum Gasteiger partial charge on any atom is -0.461 e. The predicted octanol–water partition coefficient (Wildman–Crippen LogP) is 3.93. The molecule has 0 saturated heterocycles. The molecule has 0 fully saturated rings.